The van der Waals surface area contributed by atoms with Gasteiger partial charge < -0.3 is 14.9 Å². The SMILES string of the molecule is [C-]#[N+]c1cc(F)cc(Oc2ccc3c4c2[C@H](O)[C@@H](F)[C@]4(O)C(F)(F)C3(F)F)c1. The molecule has 28 heavy (non-hydrogen) atoms. The van der Waals surface area contributed by atoms with Gasteiger partial charge in [-0.15, -0.1) is 0 Å². The minimum atomic E-state index is -5.22. The molecule has 0 aliphatic heterocycles. The van der Waals surface area contributed by atoms with Crippen molar-refractivity contribution in [1.82, 2.24) is 0 Å². The van der Waals surface area contributed by atoms with E-state index in [1.165, 1.54) is 0 Å². The van der Waals surface area contributed by atoms with E-state index >= 15 is 0 Å². The lowest BCUT2D eigenvalue weighted by atomic mass is 9.93. The molecule has 2 aromatic rings. The fourth-order valence-corrected chi connectivity index (χ4v) is 3.71. The first-order chi connectivity index (χ1) is 13.0. The predicted molar refractivity (Wildman–Crippen MR) is 81.8 cm³/mol. The quantitative estimate of drug-likeness (QED) is 0.576. The zero-order chi connectivity index (χ0) is 20.6. The third-order valence-electron chi connectivity index (χ3n) is 4.98. The molecule has 4 rings (SSSR count). The molecule has 0 spiro atoms. The molecule has 10 heteroatoms. The molecule has 0 fully saturated rings. The van der Waals surface area contributed by atoms with Crippen molar-refractivity contribution >= 4 is 5.69 Å². The molecule has 0 aromatic heterocycles. The van der Waals surface area contributed by atoms with Gasteiger partial charge in [-0.2, -0.15) is 17.6 Å². The van der Waals surface area contributed by atoms with Crippen molar-refractivity contribution in [3.63, 3.8) is 0 Å². The molecule has 0 saturated heterocycles. The van der Waals surface area contributed by atoms with Crippen LogP contribution in [0.15, 0.2) is 30.3 Å². The average molecular weight is 401 g/mol. The van der Waals surface area contributed by atoms with Gasteiger partial charge in [0.1, 0.15) is 23.4 Å². The lowest BCUT2D eigenvalue weighted by Gasteiger charge is -2.32. The highest BCUT2D eigenvalue weighted by Gasteiger charge is 2.82. The number of ether oxygens (including phenoxy) is 1. The van der Waals surface area contributed by atoms with E-state index in [2.05, 4.69) is 4.85 Å². The predicted octanol–water partition coefficient (Wildman–Crippen LogP) is 4.48. The maximum absolute atomic E-state index is 14.5. The highest BCUT2D eigenvalue weighted by molar-refractivity contribution is 5.62. The van der Waals surface area contributed by atoms with Crippen LogP contribution in [-0.4, -0.2) is 22.3 Å². The van der Waals surface area contributed by atoms with Crippen LogP contribution in [0.3, 0.4) is 0 Å². The lowest BCUT2D eigenvalue weighted by molar-refractivity contribution is -0.304. The number of nitrogens with zero attached hydrogens (tertiary/aromatic N) is 1. The number of benzene rings is 2. The normalized spacial score (nSPS) is 28.7. The minimum absolute atomic E-state index is 0.175. The van der Waals surface area contributed by atoms with E-state index in [0.717, 1.165) is 24.3 Å². The summed E-state index contributed by atoms with van der Waals surface area (Å²) in [6.45, 7) is 6.89. The Labute approximate surface area is 153 Å². The first-order valence-corrected chi connectivity index (χ1v) is 7.80. The Bertz CT molecular complexity index is 1050. The van der Waals surface area contributed by atoms with Gasteiger partial charge >= 0.3 is 11.8 Å². The van der Waals surface area contributed by atoms with Crippen molar-refractivity contribution in [2.45, 2.75) is 29.7 Å². The summed E-state index contributed by atoms with van der Waals surface area (Å²) in [5.41, 5.74) is -7.39. The molecule has 0 saturated carbocycles. The molecule has 146 valence electrons. The van der Waals surface area contributed by atoms with Crippen molar-refractivity contribution in [2.75, 3.05) is 0 Å². The van der Waals surface area contributed by atoms with E-state index in [1.807, 2.05) is 0 Å². The summed E-state index contributed by atoms with van der Waals surface area (Å²) >= 11 is 0. The van der Waals surface area contributed by atoms with Crippen LogP contribution >= 0.6 is 0 Å². The number of aliphatic hydroxyl groups is 2. The van der Waals surface area contributed by atoms with Crippen LogP contribution in [0.25, 0.3) is 4.85 Å². The highest BCUT2D eigenvalue weighted by Crippen LogP contribution is 2.68. The van der Waals surface area contributed by atoms with Crippen LogP contribution in [0.4, 0.5) is 32.0 Å². The zero-order valence-corrected chi connectivity index (χ0v) is 13.6. The molecule has 2 aliphatic carbocycles. The maximum atomic E-state index is 14.5. The standard InChI is InChI=1S/C18H9F6NO3/c1-25-8-4-7(19)5-9(6-8)28-11-3-2-10-13-12(11)14(26)15(20)16(13,27)18(23,24)17(10,21)22/h2-6,14-15,26-27H/t14-,15+,16-/m0/s1. The summed E-state index contributed by atoms with van der Waals surface area (Å²) in [6.07, 6.45) is -5.54. The molecular weight excluding hydrogens is 392 g/mol. The molecular formula is C18H9F6NO3. The molecule has 0 heterocycles. The Kier molecular flexibility index (Phi) is 3.58. The van der Waals surface area contributed by atoms with Gasteiger partial charge in [-0.05, 0) is 24.3 Å². The number of rotatable bonds is 2. The third kappa shape index (κ3) is 1.98. The van der Waals surface area contributed by atoms with Crippen molar-refractivity contribution in [1.29, 1.82) is 0 Å². The first-order valence-electron chi connectivity index (χ1n) is 7.80. The van der Waals surface area contributed by atoms with E-state index in [0.29, 0.717) is 6.07 Å². The fraction of sp³-hybridized carbons (Fsp3) is 0.278. The van der Waals surface area contributed by atoms with Crippen LogP contribution < -0.4 is 4.74 Å². The summed E-state index contributed by atoms with van der Waals surface area (Å²) in [6, 6.07) is 4.08. The van der Waals surface area contributed by atoms with Crippen LogP contribution in [-0.2, 0) is 11.5 Å². The topological polar surface area (TPSA) is 54.0 Å². The molecule has 0 bridgehead atoms. The van der Waals surface area contributed by atoms with Crippen molar-refractivity contribution in [3.8, 4) is 11.5 Å². The number of halogens is 6. The Morgan fingerprint density at radius 1 is 1.11 bits per heavy atom. The van der Waals surface area contributed by atoms with Gasteiger partial charge in [0.25, 0.3) is 0 Å². The number of alkyl halides is 5. The second kappa shape index (κ2) is 5.40. The number of hydrogen-bond donors (Lipinski definition) is 2. The summed E-state index contributed by atoms with van der Waals surface area (Å²) in [5, 5.41) is 20.2. The summed E-state index contributed by atoms with van der Waals surface area (Å²) in [7, 11) is 0. The Balaban J connectivity index is 1.92. The molecule has 0 radical (unpaired) electrons. The second-order valence-electron chi connectivity index (χ2n) is 6.52. The maximum Gasteiger partial charge on any atom is 0.349 e. The molecule has 3 atom stereocenters. The van der Waals surface area contributed by atoms with Gasteiger partial charge in [-0.3, -0.25) is 0 Å². The lowest BCUT2D eigenvalue weighted by Crippen LogP contribution is -2.53. The summed E-state index contributed by atoms with van der Waals surface area (Å²) in [4.78, 5) is 3.00. The summed E-state index contributed by atoms with van der Waals surface area (Å²) < 4.78 is 90.1. The molecule has 0 unspecified atom stereocenters. The van der Waals surface area contributed by atoms with E-state index in [-0.39, 0.29) is 11.4 Å². The van der Waals surface area contributed by atoms with E-state index in [4.69, 9.17) is 11.3 Å². The largest absolute Gasteiger partial charge is 0.458 e. The van der Waals surface area contributed by atoms with E-state index in [9.17, 15) is 36.6 Å². The van der Waals surface area contributed by atoms with Gasteiger partial charge in [-0.25, -0.2) is 13.6 Å². The van der Waals surface area contributed by atoms with Gasteiger partial charge in [0.15, 0.2) is 17.5 Å². The molecule has 4 nitrogen and oxygen atoms in total. The Morgan fingerprint density at radius 3 is 2.43 bits per heavy atom. The third-order valence-corrected chi connectivity index (χ3v) is 4.98. The van der Waals surface area contributed by atoms with Gasteiger partial charge in [0.05, 0.1) is 6.57 Å². The second-order valence-corrected chi connectivity index (χ2v) is 6.52. The fourth-order valence-electron chi connectivity index (χ4n) is 3.71. The Hall–Kier alpha value is -2.77. The number of hydrogen-bond acceptors (Lipinski definition) is 3. The van der Waals surface area contributed by atoms with Gasteiger partial charge in [-0.1, -0.05) is 0 Å². The van der Waals surface area contributed by atoms with Crippen molar-refractivity contribution in [3.05, 3.63) is 64.3 Å². The van der Waals surface area contributed by atoms with Crippen LogP contribution in [0.1, 0.15) is 22.8 Å². The van der Waals surface area contributed by atoms with Crippen LogP contribution in [0.2, 0.25) is 0 Å². The van der Waals surface area contributed by atoms with Gasteiger partial charge in [0, 0.05) is 22.8 Å². The monoisotopic (exact) mass is 401 g/mol. The van der Waals surface area contributed by atoms with E-state index in [1.54, 1.807) is 0 Å². The molecule has 2 aromatic carbocycles. The Morgan fingerprint density at radius 2 is 1.79 bits per heavy atom. The smallest absolute Gasteiger partial charge is 0.349 e. The summed E-state index contributed by atoms with van der Waals surface area (Å²) in [5.74, 6) is -11.8. The highest BCUT2D eigenvalue weighted by atomic mass is 19.3. The van der Waals surface area contributed by atoms with Crippen molar-refractivity contribution < 1.29 is 41.3 Å². The van der Waals surface area contributed by atoms with Crippen molar-refractivity contribution in [2.24, 2.45) is 0 Å². The molecule has 2 N–H and O–H groups in total. The first kappa shape index (κ1) is 18.6. The minimum Gasteiger partial charge on any atom is -0.458 e. The van der Waals surface area contributed by atoms with Crippen LogP contribution in [0.5, 0.6) is 11.5 Å². The van der Waals surface area contributed by atoms with Gasteiger partial charge in [0.2, 0.25) is 0 Å². The van der Waals surface area contributed by atoms with E-state index < -0.39 is 58.0 Å². The van der Waals surface area contributed by atoms with Crippen LogP contribution in [0, 0.1) is 12.4 Å². The number of aliphatic hydroxyl groups excluding tert-OH is 1. The average Bonchev–Trinajstić information content (AvgIpc) is 2.90. The zero-order valence-electron chi connectivity index (χ0n) is 13.6. The molecule has 0 amide bonds. The molecule has 2 aliphatic rings.